The molecular weight excluding hydrogens is 186 g/mol. The lowest BCUT2D eigenvalue weighted by atomic mass is 10.3. The first-order chi connectivity index (χ1) is 7.36. The Hall–Kier alpha value is -1.35. The standard InChI is InChI=1S/C7H6N2.C5H11N/c1-2-4-7-6(3-1)5-8-9-7;1-5-3-2-4-6-5/h1-5H,(H,8,9);5-6H,2-4H2,1H3/t;5-/m.1/s1. The molecule has 2 heterocycles. The highest BCUT2D eigenvalue weighted by Crippen LogP contribution is 2.07. The molecule has 0 bridgehead atoms. The minimum Gasteiger partial charge on any atom is -0.314 e. The lowest BCUT2D eigenvalue weighted by Crippen LogP contribution is -2.16. The quantitative estimate of drug-likeness (QED) is 0.690. The highest BCUT2D eigenvalue weighted by Gasteiger charge is 2.05. The predicted molar refractivity (Wildman–Crippen MR) is 62.8 cm³/mol. The van der Waals surface area contributed by atoms with E-state index in [2.05, 4.69) is 22.4 Å². The molecule has 0 saturated carbocycles. The van der Waals surface area contributed by atoms with Gasteiger partial charge in [0.15, 0.2) is 0 Å². The molecule has 1 aliphatic heterocycles. The van der Waals surface area contributed by atoms with Gasteiger partial charge in [0.05, 0.1) is 11.7 Å². The minimum absolute atomic E-state index is 0.796. The van der Waals surface area contributed by atoms with Gasteiger partial charge in [-0.25, -0.2) is 0 Å². The van der Waals surface area contributed by atoms with E-state index >= 15 is 0 Å². The van der Waals surface area contributed by atoms with Crippen LogP contribution in [0.3, 0.4) is 0 Å². The van der Waals surface area contributed by atoms with Gasteiger partial charge in [-0.2, -0.15) is 5.10 Å². The molecule has 0 radical (unpaired) electrons. The molecule has 0 unspecified atom stereocenters. The Bertz CT molecular complexity index is 372. The van der Waals surface area contributed by atoms with Crippen molar-refractivity contribution in [3.63, 3.8) is 0 Å². The van der Waals surface area contributed by atoms with Crippen LogP contribution in [0.1, 0.15) is 19.8 Å². The van der Waals surface area contributed by atoms with E-state index in [1.165, 1.54) is 19.4 Å². The topological polar surface area (TPSA) is 40.7 Å². The molecule has 2 N–H and O–H groups in total. The third-order valence-electron chi connectivity index (χ3n) is 2.66. The normalized spacial score (nSPS) is 19.9. The fraction of sp³-hybridized carbons (Fsp3) is 0.417. The van der Waals surface area contributed by atoms with E-state index in [4.69, 9.17) is 0 Å². The van der Waals surface area contributed by atoms with E-state index in [9.17, 15) is 0 Å². The molecule has 0 amide bonds. The van der Waals surface area contributed by atoms with Crippen molar-refractivity contribution >= 4 is 10.9 Å². The molecule has 0 aliphatic carbocycles. The van der Waals surface area contributed by atoms with E-state index in [0.717, 1.165) is 16.9 Å². The molecule has 1 atom stereocenters. The maximum absolute atomic E-state index is 3.88. The molecule has 0 spiro atoms. The molecule has 1 fully saturated rings. The molecule has 3 nitrogen and oxygen atoms in total. The number of fused-ring (bicyclic) bond motifs is 1. The molecule has 80 valence electrons. The van der Waals surface area contributed by atoms with Crippen molar-refractivity contribution in [1.82, 2.24) is 15.5 Å². The van der Waals surface area contributed by atoms with Crippen molar-refractivity contribution in [3.05, 3.63) is 30.5 Å². The van der Waals surface area contributed by atoms with Crippen LogP contribution in [0.25, 0.3) is 10.9 Å². The highest BCUT2D eigenvalue weighted by molar-refractivity contribution is 5.77. The smallest absolute Gasteiger partial charge is 0.0650 e. The molecule has 3 heteroatoms. The first-order valence-corrected chi connectivity index (χ1v) is 5.48. The van der Waals surface area contributed by atoms with Gasteiger partial charge in [0.25, 0.3) is 0 Å². The number of nitrogens with zero attached hydrogens (tertiary/aromatic N) is 1. The van der Waals surface area contributed by atoms with Crippen LogP contribution in [0.5, 0.6) is 0 Å². The first kappa shape index (κ1) is 10.2. The summed E-state index contributed by atoms with van der Waals surface area (Å²) in [5.41, 5.74) is 1.09. The lowest BCUT2D eigenvalue weighted by molar-refractivity contribution is 0.664. The SMILES string of the molecule is C[C@@H]1CCCN1.c1ccc2[nH]ncc2c1. The Morgan fingerprint density at radius 1 is 1.33 bits per heavy atom. The predicted octanol–water partition coefficient (Wildman–Crippen LogP) is 2.32. The van der Waals surface area contributed by atoms with Crippen LogP contribution in [0, 0.1) is 0 Å². The van der Waals surface area contributed by atoms with Crippen molar-refractivity contribution in [3.8, 4) is 0 Å². The van der Waals surface area contributed by atoms with Gasteiger partial charge in [-0.1, -0.05) is 18.2 Å². The van der Waals surface area contributed by atoms with Crippen molar-refractivity contribution in [2.75, 3.05) is 6.54 Å². The average Bonchev–Trinajstić information content (AvgIpc) is 2.88. The van der Waals surface area contributed by atoms with Gasteiger partial charge in [0.2, 0.25) is 0 Å². The highest BCUT2D eigenvalue weighted by atomic mass is 15.1. The monoisotopic (exact) mass is 203 g/mol. The Balaban J connectivity index is 0.000000124. The number of para-hydroxylation sites is 1. The second-order valence-electron chi connectivity index (χ2n) is 3.95. The Morgan fingerprint density at radius 3 is 2.80 bits per heavy atom. The summed E-state index contributed by atoms with van der Waals surface area (Å²) in [6.45, 7) is 3.47. The van der Waals surface area contributed by atoms with Crippen LogP contribution < -0.4 is 5.32 Å². The summed E-state index contributed by atoms with van der Waals surface area (Å²) in [6.07, 6.45) is 4.57. The molecule has 1 aromatic carbocycles. The summed E-state index contributed by atoms with van der Waals surface area (Å²) in [7, 11) is 0. The maximum Gasteiger partial charge on any atom is 0.0650 e. The summed E-state index contributed by atoms with van der Waals surface area (Å²) >= 11 is 0. The fourth-order valence-corrected chi connectivity index (χ4v) is 1.74. The molecule has 1 saturated heterocycles. The van der Waals surface area contributed by atoms with E-state index < -0.39 is 0 Å². The number of benzene rings is 1. The number of nitrogens with one attached hydrogen (secondary N) is 2. The lowest BCUT2D eigenvalue weighted by Gasteiger charge is -1.95. The van der Waals surface area contributed by atoms with Crippen LogP contribution in [0.15, 0.2) is 30.5 Å². The minimum atomic E-state index is 0.796. The first-order valence-electron chi connectivity index (χ1n) is 5.48. The van der Waals surface area contributed by atoms with Gasteiger partial charge in [0.1, 0.15) is 0 Å². The second-order valence-corrected chi connectivity index (χ2v) is 3.95. The third-order valence-corrected chi connectivity index (χ3v) is 2.66. The van der Waals surface area contributed by atoms with Crippen LogP contribution in [-0.2, 0) is 0 Å². The van der Waals surface area contributed by atoms with E-state index in [1.54, 1.807) is 0 Å². The zero-order valence-electron chi connectivity index (χ0n) is 9.03. The zero-order valence-corrected chi connectivity index (χ0v) is 9.03. The average molecular weight is 203 g/mol. The number of aromatic amines is 1. The van der Waals surface area contributed by atoms with E-state index in [0.29, 0.717) is 0 Å². The number of aromatic nitrogens is 2. The molecule has 15 heavy (non-hydrogen) atoms. The van der Waals surface area contributed by atoms with Gasteiger partial charge in [-0.15, -0.1) is 0 Å². The summed E-state index contributed by atoms with van der Waals surface area (Å²) in [5, 5.41) is 11.2. The van der Waals surface area contributed by atoms with Crippen LogP contribution in [0.4, 0.5) is 0 Å². The van der Waals surface area contributed by atoms with Gasteiger partial charge in [0, 0.05) is 11.4 Å². The van der Waals surface area contributed by atoms with Crippen LogP contribution in [0.2, 0.25) is 0 Å². The number of hydrogen-bond acceptors (Lipinski definition) is 2. The van der Waals surface area contributed by atoms with E-state index in [-0.39, 0.29) is 0 Å². The molecular formula is C12H17N3. The fourth-order valence-electron chi connectivity index (χ4n) is 1.74. The van der Waals surface area contributed by atoms with Crippen molar-refractivity contribution in [2.45, 2.75) is 25.8 Å². The van der Waals surface area contributed by atoms with E-state index in [1.807, 2.05) is 30.5 Å². The Labute approximate surface area is 89.9 Å². The maximum atomic E-state index is 3.88. The largest absolute Gasteiger partial charge is 0.314 e. The van der Waals surface area contributed by atoms with Crippen LogP contribution in [-0.4, -0.2) is 22.8 Å². The van der Waals surface area contributed by atoms with Gasteiger partial charge < -0.3 is 5.32 Å². The van der Waals surface area contributed by atoms with Crippen molar-refractivity contribution < 1.29 is 0 Å². The second kappa shape index (κ2) is 4.94. The van der Waals surface area contributed by atoms with Gasteiger partial charge >= 0.3 is 0 Å². The van der Waals surface area contributed by atoms with Gasteiger partial charge in [-0.05, 0) is 32.4 Å². The summed E-state index contributed by atoms with van der Waals surface area (Å²) in [5.74, 6) is 0. The van der Waals surface area contributed by atoms with Crippen molar-refractivity contribution in [2.24, 2.45) is 0 Å². The summed E-state index contributed by atoms with van der Waals surface area (Å²) < 4.78 is 0. The Kier molecular flexibility index (Phi) is 3.35. The van der Waals surface area contributed by atoms with Crippen molar-refractivity contribution in [1.29, 1.82) is 0 Å². The summed E-state index contributed by atoms with van der Waals surface area (Å²) in [6, 6.07) is 8.81. The third kappa shape index (κ3) is 2.80. The van der Waals surface area contributed by atoms with Gasteiger partial charge in [-0.3, -0.25) is 5.10 Å². The van der Waals surface area contributed by atoms with Crippen LogP contribution >= 0.6 is 0 Å². The molecule has 1 aromatic heterocycles. The number of H-pyrrole nitrogens is 1. The zero-order chi connectivity index (χ0) is 10.5. The number of rotatable bonds is 0. The Morgan fingerprint density at radius 2 is 2.20 bits per heavy atom. The molecule has 1 aliphatic rings. The molecule has 2 aromatic rings. The molecule has 3 rings (SSSR count). The summed E-state index contributed by atoms with van der Waals surface area (Å²) in [4.78, 5) is 0. The number of hydrogen-bond donors (Lipinski definition) is 2.